The number of nitrogens with one attached hydrogen (secondary N) is 2. The lowest BCUT2D eigenvalue weighted by atomic mass is 10.1. The lowest BCUT2D eigenvalue weighted by Crippen LogP contribution is -2.33. The summed E-state index contributed by atoms with van der Waals surface area (Å²) in [7, 11) is 3.84. The van der Waals surface area contributed by atoms with Crippen LogP contribution in [0.2, 0.25) is 0 Å². The largest absolute Gasteiger partial charge is 0.468 e. The molecule has 0 bridgehead atoms. The Bertz CT molecular complexity index is 971. The van der Waals surface area contributed by atoms with Crippen LogP contribution >= 0.6 is 0 Å². The fourth-order valence-corrected chi connectivity index (χ4v) is 2.73. The SMILES string of the molecule is CN(C)C(CNC(=O)/C=C/c1cc2ccccc2[nH]c1=O)c1ccco1. The summed E-state index contributed by atoms with van der Waals surface area (Å²) < 4.78 is 5.42. The average molecular weight is 351 g/mol. The molecule has 0 aliphatic carbocycles. The number of nitrogens with zero attached hydrogens (tertiary/aromatic N) is 1. The van der Waals surface area contributed by atoms with Crippen LogP contribution in [0.4, 0.5) is 0 Å². The third-order valence-corrected chi connectivity index (χ3v) is 4.16. The van der Waals surface area contributed by atoms with Gasteiger partial charge in [0.05, 0.1) is 12.3 Å². The Morgan fingerprint density at radius 1 is 1.27 bits per heavy atom. The van der Waals surface area contributed by atoms with E-state index >= 15 is 0 Å². The summed E-state index contributed by atoms with van der Waals surface area (Å²) in [6, 6.07) is 12.9. The first-order chi connectivity index (χ1) is 12.5. The molecular weight excluding hydrogens is 330 g/mol. The van der Waals surface area contributed by atoms with E-state index in [9.17, 15) is 9.59 Å². The average Bonchev–Trinajstić information content (AvgIpc) is 3.14. The van der Waals surface area contributed by atoms with Gasteiger partial charge < -0.3 is 14.7 Å². The number of amides is 1. The van der Waals surface area contributed by atoms with Gasteiger partial charge in [0.2, 0.25) is 5.91 Å². The summed E-state index contributed by atoms with van der Waals surface area (Å²) in [6.07, 6.45) is 4.51. The zero-order chi connectivity index (χ0) is 18.5. The predicted octanol–water partition coefficient (Wildman–Crippen LogP) is 2.55. The maximum absolute atomic E-state index is 12.1. The van der Waals surface area contributed by atoms with Gasteiger partial charge in [-0.3, -0.25) is 14.5 Å². The van der Waals surface area contributed by atoms with Crippen molar-refractivity contribution in [2.75, 3.05) is 20.6 Å². The summed E-state index contributed by atoms with van der Waals surface area (Å²) in [6.45, 7) is 0.401. The normalized spacial score (nSPS) is 12.7. The van der Waals surface area contributed by atoms with E-state index < -0.39 is 0 Å². The summed E-state index contributed by atoms with van der Waals surface area (Å²) in [5.41, 5.74) is 0.981. The van der Waals surface area contributed by atoms with E-state index in [1.165, 1.54) is 12.2 Å². The molecule has 0 aliphatic rings. The van der Waals surface area contributed by atoms with E-state index in [0.717, 1.165) is 16.7 Å². The highest BCUT2D eigenvalue weighted by molar-refractivity contribution is 5.92. The molecule has 0 aliphatic heterocycles. The molecule has 6 nitrogen and oxygen atoms in total. The second-order valence-corrected chi connectivity index (χ2v) is 6.21. The first kappa shape index (κ1) is 17.7. The van der Waals surface area contributed by atoms with Crippen LogP contribution < -0.4 is 10.9 Å². The van der Waals surface area contributed by atoms with E-state index in [1.807, 2.05) is 55.4 Å². The van der Waals surface area contributed by atoms with E-state index in [0.29, 0.717) is 12.1 Å². The van der Waals surface area contributed by atoms with Crippen LogP contribution in [-0.2, 0) is 4.79 Å². The van der Waals surface area contributed by atoms with Gasteiger partial charge in [0.1, 0.15) is 5.76 Å². The van der Waals surface area contributed by atoms with Gasteiger partial charge in [-0.15, -0.1) is 0 Å². The highest BCUT2D eigenvalue weighted by Gasteiger charge is 2.17. The monoisotopic (exact) mass is 351 g/mol. The second-order valence-electron chi connectivity index (χ2n) is 6.21. The van der Waals surface area contributed by atoms with Gasteiger partial charge in [-0.25, -0.2) is 0 Å². The number of carbonyl (C=O) groups excluding carboxylic acids is 1. The summed E-state index contributed by atoms with van der Waals surface area (Å²) in [4.78, 5) is 29.0. The Labute approximate surface area is 151 Å². The molecule has 1 unspecified atom stereocenters. The number of hydrogen-bond acceptors (Lipinski definition) is 4. The molecule has 1 atom stereocenters. The lowest BCUT2D eigenvalue weighted by molar-refractivity contribution is -0.116. The van der Waals surface area contributed by atoms with Crippen LogP contribution in [-0.4, -0.2) is 36.4 Å². The van der Waals surface area contributed by atoms with Crippen LogP contribution in [0.5, 0.6) is 0 Å². The van der Waals surface area contributed by atoms with Gasteiger partial charge in [-0.05, 0) is 49.8 Å². The summed E-state index contributed by atoms with van der Waals surface area (Å²) in [5, 5.41) is 3.75. The molecule has 26 heavy (non-hydrogen) atoms. The number of likely N-dealkylation sites (N-methyl/N-ethyl adjacent to an activating group) is 1. The van der Waals surface area contributed by atoms with Gasteiger partial charge in [0.15, 0.2) is 0 Å². The zero-order valence-corrected chi connectivity index (χ0v) is 14.7. The topological polar surface area (TPSA) is 78.3 Å². The molecule has 2 N–H and O–H groups in total. The minimum Gasteiger partial charge on any atom is -0.468 e. The van der Waals surface area contributed by atoms with E-state index in [4.69, 9.17) is 4.42 Å². The number of hydrogen-bond donors (Lipinski definition) is 2. The molecule has 134 valence electrons. The van der Waals surface area contributed by atoms with Gasteiger partial charge >= 0.3 is 0 Å². The first-order valence-electron chi connectivity index (χ1n) is 8.32. The molecule has 1 aromatic carbocycles. The Hall–Kier alpha value is -3.12. The molecule has 3 rings (SSSR count). The lowest BCUT2D eigenvalue weighted by Gasteiger charge is -2.22. The molecule has 6 heteroatoms. The van der Waals surface area contributed by atoms with E-state index in [2.05, 4.69) is 10.3 Å². The number of carbonyl (C=O) groups is 1. The fraction of sp³-hybridized carbons (Fsp3) is 0.200. The minimum atomic E-state index is -0.268. The van der Waals surface area contributed by atoms with Crippen molar-refractivity contribution in [3.8, 4) is 0 Å². The van der Waals surface area contributed by atoms with Crippen molar-refractivity contribution in [2.45, 2.75) is 6.04 Å². The molecular formula is C20H21N3O3. The van der Waals surface area contributed by atoms with Gasteiger partial charge in [-0.2, -0.15) is 0 Å². The van der Waals surface area contributed by atoms with Crippen LogP contribution in [0.15, 0.2) is 64.0 Å². The Kier molecular flexibility index (Phi) is 5.34. The van der Waals surface area contributed by atoms with Crippen molar-refractivity contribution in [2.24, 2.45) is 0 Å². The fourth-order valence-electron chi connectivity index (χ4n) is 2.73. The van der Waals surface area contributed by atoms with Crippen molar-refractivity contribution in [1.29, 1.82) is 0 Å². The van der Waals surface area contributed by atoms with Crippen molar-refractivity contribution in [3.05, 3.63) is 76.5 Å². The molecule has 0 radical (unpaired) electrons. The van der Waals surface area contributed by atoms with Crippen molar-refractivity contribution in [1.82, 2.24) is 15.2 Å². The smallest absolute Gasteiger partial charge is 0.255 e. The first-order valence-corrected chi connectivity index (χ1v) is 8.32. The molecule has 0 saturated carbocycles. The number of aromatic nitrogens is 1. The maximum Gasteiger partial charge on any atom is 0.255 e. The molecule has 1 amide bonds. The number of rotatable bonds is 6. The zero-order valence-electron chi connectivity index (χ0n) is 14.7. The number of para-hydroxylation sites is 1. The highest BCUT2D eigenvalue weighted by atomic mass is 16.3. The van der Waals surface area contributed by atoms with E-state index in [-0.39, 0.29) is 17.5 Å². The molecule has 3 aromatic rings. The van der Waals surface area contributed by atoms with Crippen LogP contribution in [0, 0.1) is 0 Å². The standard InChI is InChI=1S/C20H21N3O3/c1-23(2)17(18-8-5-11-26-18)13-21-19(24)10-9-15-12-14-6-3-4-7-16(14)22-20(15)25/h3-12,17H,13H2,1-2H3,(H,21,24)(H,22,25)/b10-9+. The van der Waals surface area contributed by atoms with Crippen LogP contribution in [0.25, 0.3) is 17.0 Å². The molecule has 2 aromatic heterocycles. The van der Waals surface area contributed by atoms with Gasteiger partial charge in [0.25, 0.3) is 5.56 Å². The van der Waals surface area contributed by atoms with Crippen molar-refractivity contribution < 1.29 is 9.21 Å². The third kappa shape index (κ3) is 4.10. The van der Waals surface area contributed by atoms with Crippen molar-refractivity contribution >= 4 is 22.9 Å². The van der Waals surface area contributed by atoms with Crippen LogP contribution in [0.1, 0.15) is 17.4 Å². The van der Waals surface area contributed by atoms with Crippen molar-refractivity contribution in [3.63, 3.8) is 0 Å². The predicted molar refractivity (Wildman–Crippen MR) is 102 cm³/mol. The Balaban J connectivity index is 1.68. The Morgan fingerprint density at radius 3 is 2.81 bits per heavy atom. The minimum absolute atomic E-state index is 0.0635. The van der Waals surface area contributed by atoms with Gasteiger partial charge in [-0.1, -0.05) is 18.2 Å². The summed E-state index contributed by atoms with van der Waals surface area (Å²) in [5.74, 6) is 0.515. The van der Waals surface area contributed by atoms with E-state index in [1.54, 1.807) is 12.3 Å². The van der Waals surface area contributed by atoms with Crippen LogP contribution in [0.3, 0.4) is 0 Å². The van der Waals surface area contributed by atoms with Gasteiger partial charge in [0, 0.05) is 23.7 Å². The second kappa shape index (κ2) is 7.84. The number of fused-ring (bicyclic) bond motifs is 1. The third-order valence-electron chi connectivity index (χ3n) is 4.16. The Morgan fingerprint density at radius 2 is 2.08 bits per heavy atom. The number of benzene rings is 1. The maximum atomic E-state index is 12.1. The highest BCUT2D eigenvalue weighted by Crippen LogP contribution is 2.17. The number of aromatic amines is 1. The number of pyridine rings is 1. The molecule has 0 saturated heterocycles. The number of H-pyrrole nitrogens is 1. The number of furan rings is 1. The quantitative estimate of drug-likeness (QED) is 0.669. The molecule has 0 fully saturated rings. The molecule has 0 spiro atoms. The molecule has 2 heterocycles. The summed E-state index contributed by atoms with van der Waals surface area (Å²) >= 11 is 0.